The van der Waals surface area contributed by atoms with Crippen molar-refractivity contribution in [1.29, 1.82) is 0 Å². The minimum atomic E-state index is -5.14. The molecule has 3 fully saturated rings. The second-order valence-corrected chi connectivity index (χ2v) is 8.04. The van der Waals surface area contributed by atoms with Crippen molar-refractivity contribution in [3.05, 3.63) is 11.3 Å². The number of halogens is 3. The van der Waals surface area contributed by atoms with Crippen LogP contribution in [-0.4, -0.2) is 108 Å². The van der Waals surface area contributed by atoms with Crippen LogP contribution in [0.25, 0.3) is 0 Å². The number of likely N-dealkylation sites (N-methyl/N-ethyl adjacent to an activating group) is 1. The van der Waals surface area contributed by atoms with Gasteiger partial charge >= 0.3 is 47.7 Å². The van der Waals surface area contributed by atoms with E-state index in [4.69, 9.17) is 4.74 Å². The maximum absolute atomic E-state index is 12.9. The van der Waals surface area contributed by atoms with Gasteiger partial charge in [0.15, 0.2) is 0 Å². The smallest absolute Gasteiger partial charge is 0.543 e. The van der Waals surface area contributed by atoms with Gasteiger partial charge < -0.3 is 34.2 Å². The van der Waals surface area contributed by atoms with E-state index in [0.29, 0.717) is 31.1 Å². The minimum absolute atomic E-state index is 0. The van der Waals surface area contributed by atoms with Crippen LogP contribution in [0.5, 0.6) is 0 Å². The van der Waals surface area contributed by atoms with Crippen LogP contribution in [0.2, 0.25) is 0 Å². The molecule has 0 aromatic rings. The molecule has 4 aliphatic rings. The van der Waals surface area contributed by atoms with E-state index in [-0.39, 0.29) is 48.1 Å². The number of hydrogen-bond acceptors (Lipinski definition) is 7. The molecular weight excluding hydrogens is 448 g/mol. The molecule has 10 nitrogen and oxygen atoms in total. The molecule has 0 aromatic heterocycles. The summed E-state index contributed by atoms with van der Waals surface area (Å²) in [6, 6.07) is -2.33. The predicted octanol–water partition coefficient (Wildman–Crippen LogP) is -4.62. The molecular formula is C18H20F3N4NaO6. The summed E-state index contributed by atoms with van der Waals surface area (Å²) >= 11 is 0. The summed E-state index contributed by atoms with van der Waals surface area (Å²) < 4.78 is 44.0. The van der Waals surface area contributed by atoms with Crippen LogP contribution in [0.15, 0.2) is 11.3 Å². The van der Waals surface area contributed by atoms with Crippen molar-refractivity contribution in [1.82, 2.24) is 19.6 Å². The zero-order valence-corrected chi connectivity index (χ0v) is 19.6. The molecule has 3 atom stereocenters. The van der Waals surface area contributed by atoms with Gasteiger partial charge in [0.1, 0.15) is 12.6 Å². The maximum Gasteiger partial charge on any atom is 1.00 e. The Morgan fingerprint density at radius 3 is 2.31 bits per heavy atom. The average Bonchev–Trinajstić information content (AvgIpc) is 3.03. The monoisotopic (exact) mass is 468 g/mol. The quantitative estimate of drug-likeness (QED) is 0.303. The molecule has 0 saturated carbocycles. The van der Waals surface area contributed by atoms with Gasteiger partial charge in [0.05, 0.1) is 17.7 Å². The number of amides is 3. The number of nitrogens with zero attached hydrogens (tertiary/aromatic N) is 4. The van der Waals surface area contributed by atoms with Crippen molar-refractivity contribution in [2.24, 2.45) is 5.92 Å². The average molecular weight is 468 g/mol. The van der Waals surface area contributed by atoms with Crippen LogP contribution in [0.1, 0.15) is 6.42 Å². The van der Waals surface area contributed by atoms with Crippen LogP contribution >= 0.6 is 0 Å². The SMILES string of the molecule is CN1CCN(C(=O)OCC2=C(C(=O)[O-])N3C(=O)[C@@H]4[C@H]3C2CCN4C(=O)C(F)(F)F)CC1.[Na+]. The number of carboxylic acids is 1. The van der Waals surface area contributed by atoms with Crippen LogP contribution < -0.4 is 34.7 Å². The van der Waals surface area contributed by atoms with Gasteiger partial charge in [0.2, 0.25) is 0 Å². The molecule has 3 saturated heterocycles. The molecule has 0 radical (unpaired) electrons. The summed E-state index contributed by atoms with van der Waals surface area (Å²) in [7, 11) is 1.91. The number of ether oxygens (including phenoxy) is 1. The number of likely N-dealkylation sites (tertiary alicyclic amines) is 1. The summed E-state index contributed by atoms with van der Waals surface area (Å²) in [6.45, 7) is 1.41. The van der Waals surface area contributed by atoms with Crippen LogP contribution in [0.3, 0.4) is 0 Å². The number of aliphatic carboxylic acids is 1. The van der Waals surface area contributed by atoms with Gasteiger partial charge in [-0.3, -0.25) is 9.59 Å². The number of hydrogen-bond donors (Lipinski definition) is 0. The molecule has 1 unspecified atom stereocenters. The van der Waals surface area contributed by atoms with Gasteiger partial charge in [-0.15, -0.1) is 0 Å². The molecule has 0 aromatic carbocycles. The Balaban J connectivity index is 0.00000289. The molecule has 0 N–H and O–H groups in total. The van der Waals surface area contributed by atoms with Crippen LogP contribution in [0, 0.1) is 5.92 Å². The number of carboxylic acid groups (broad SMARTS) is 1. The number of rotatable bonds is 3. The first-order chi connectivity index (χ1) is 14.5. The van der Waals surface area contributed by atoms with E-state index < -0.39 is 60.4 Å². The normalized spacial score (nSPS) is 27.6. The van der Waals surface area contributed by atoms with E-state index in [1.54, 1.807) is 0 Å². The van der Waals surface area contributed by atoms with Gasteiger partial charge in [-0.05, 0) is 19.0 Å². The Hall–Kier alpha value is -1.83. The van der Waals surface area contributed by atoms with E-state index >= 15 is 0 Å². The standard InChI is InChI=1S/C18H21F3N4O6.Na/c1-22-4-6-23(7-5-22)17(30)31-8-10-9-2-3-24(16(29)18(19,20)21)13-11(9)25(14(13)26)12(10)15(27)28;/h9,11,13H,2-8H2,1H3,(H,27,28);/q;+1/p-1/t9?,11-,13+;/m1./s1. The summed E-state index contributed by atoms with van der Waals surface area (Å²) in [5, 5.41) is 11.7. The maximum atomic E-state index is 12.9. The summed E-state index contributed by atoms with van der Waals surface area (Å²) in [5.41, 5.74) is -0.355. The van der Waals surface area contributed by atoms with Crippen LogP contribution in [-0.2, 0) is 19.1 Å². The van der Waals surface area contributed by atoms with E-state index in [1.807, 2.05) is 11.9 Å². The van der Waals surface area contributed by atoms with Gasteiger partial charge in [-0.1, -0.05) is 0 Å². The van der Waals surface area contributed by atoms with E-state index in [2.05, 4.69) is 0 Å². The van der Waals surface area contributed by atoms with Crippen molar-refractivity contribution in [2.75, 3.05) is 46.4 Å². The van der Waals surface area contributed by atoms with Gasteiger partial charge in [-0.2, -0.15) is 13.2 Å². The molecule has 4 heterocycles. The van der Waals surface area contributed by atoms with Gasteiger partial charge in [-0.25, -0.2) is 4.79 Å². The predicted molar refractivity (Wildman–Crippen MR) is 92.7 cm³/mol. The fourth-order valence-electron chi connectivity index (χ4n) is 4.79. The molecule has 0 bridgehead atoms. The van der Waals surface area contributed by atoms with Crippen molar-refractivity contribution >= 4 is 23.9 Å². The number of piperidine rings is 1. The molecule has 170 valence electrons. The zero-order valence-electron chi connectivity index (χ0n) is 17.6. The molecule has 4 rings (SSSR count). The summed E-state index contributed by atoms with van der Waals surface area (Å²) in [6.07, 6.45) is -5.78. The third-order valence-corrected chi connectivity index (χ3v) is 6.34. The number of alkyl halides is 3. The second-order valence-electron chi connectivity index (χ2n) is 8.04. The first-order valence-electron chi connectivity index (χ1n) is 9.78. The van der Waals surface area contributed by atoms with Crippen molar-refractivity contribution in [3.63, 3.8) is 0 Å². The Labute approximate surface area is 203 Å². The molecule has 3 amide bonds. The number of β-lactam (4-membered cyclic amide) rings is 1. The molecule has 32 heavy (non-hydrogen) atoms. The number of carbonyl (C=O) groups excluding carboxylic acids is 4. The summed E-state index contributed by atoms with van der Waals surface area (Å²) in [5.74, 6) is -5.35. The first-order valence-corrected chi connectivity index (χ1v) is 9.78. The second kappa shape index (κ2) is 8.84. The van der Waals surface area contributed by atoms with E-state index in [0.717, 1.165) is 4.90 Å². The van der Waals surface area contributed by atoms with Crippen molar-refractivity contribution < 1.29 is 71.8 Å². The topological polar surface area (TPSA) is 114 Å². The van der Waals surface area contributed by atoms with Crippen molar-refractivity contribution in [2.45, 2.75) is 24.7 Å². The fourth-order valence-corrected chi connectivity index (χ4v) is 4.79. The Morgan fingerprint density at radius 1 is 1.12 bits per heavy atom. The Bertz CT molecular complexity index is 873. The molecule has 0 aliphatic carbocycles. The fraction of sp³-hybridized carbons (Fsp3) is 0.667. The third kappa shape index (κ3) is 3.99. The third-order valence-electron chi connectivity index (χ3n) is 6.34. The largest absolute Gasteiger partial charge is 1.00 e. The van der Waals surface area contributed by atoms with E-state index in [1.165, 1.54) is 4.90 Å². The summed E-state index contributed by atoms with van der Waals surface area (Å²) in [4.78, 5) is 53.1. The van der Waals surface area contributed by atoms with Gasteiger partial charge in [0, 0.05) is 38.6 Å². The molecule has 14 heteroatoms. The Morgan fingerprint density at radius 2 is 1.75 bits per heavy atom. The van der Waals surface area contributed by atoms with Gasteiger partial charge in [0.25, 0.3) is 5.91 Å². The zero-order chi connectivity index (χ0) is 22.7. The minimum Gasteiger partial charge on any atom is -0.543 e. The molecule has 4 aliphatic heterocycles. The number of carbonyl (C=O) groups is 4. The molecule has 0 spiro atoms. The van der Waals surface area contributed by atoms with Crippen LogP contribution in [0.4, 0.5) is 18.0 Å². The first kappa shape index (κ1) is 24.8. The number of piperazine rings is 1. The van der Waals surface area contributed by atoms with Crippen molar-refractivity contribution in [3.8, 4) is 0 Å². The Kier molecular flexibility index (Phi) is 6.85. The van der Waals surface area contributed by atoms with E-state index in [9.17, 15) is 37.5 Å².